The number of rotatable bonds is 5. The molecule has 1 fully saturated rings. The van der Waals surface area contributed by atoms with Crippen LogP contribution in [-0.2, 0) is 11.8 Å². The third kappa shape index (κ3) is 3.96. The normalized spacial score (nSPS) is 15.7. The van der Waals surface area contributed by atoms with E-state index in [-0.39, 0.29) is 5.92 Å². The number of hydrogen-bond donors (Lipinski definition) is 0. The predicted molar refractivity (Wildman–Crippen MR) is 93.8 cm³/mol. The van der Waals surface area contributed by atoms with Crippen LogP contribution in [-0.4, -0.2) is 26.3 Å². The maximum absolute atomic E-state index is 12.3. The van der Waals surface area contributed by atoms with Gasteiger partial charge in [0.05, 0.1) is 5.75 Å². The van der Waals surface area contributed by atoms with Crippen molar-refractivity contribution in [2.75, 3.05) is 5.75 Å². The third-order valence-electron chi connectivity index (χ3n) is 4.34. The number of halogens is 1. The Balaban J connectivity index is 1.65. The first-order chi connectivity index (χ1) is 11.1. The smallest absolute Gasteiger partial charge is 0.191 e. The molecule has 0 spiro atoms. The van der Waals surface area contributed by atoms with Crippen molar-refractivity contribution < 1.29 is 4.79 Å². The van der Waals surface area contributed by atoms with E-state index >= 15 is 0 Å². The molecule has 1 aliphatic carbocycles. The van der Waals surface area contributed by atoms with E-state index in [0.717, 1.165) is 29.4 Å². The van der Waals surface area contributed by atoms with E-state index in [9.17, 15) is 4.79 Å². The molecule has 0 aliphatic heterocycles. The molecule has 0 radical (unpaired) electrons. The molecule has 23 heavy (non-hydrogen) atoms. The summed E-state index contributed by atoms with van der Waals surface area (Å²) in [6, 6.07) is 7.53. The van der Waals surface area contributed by atoms with Gasteiger partial charge in [0.2, 0.25) is 0 Å². The minimum atomic E-state index is 0.250. The van der Waals surface area contributed by atoms with Crippen LogP contribution < -0.4 is 0 Å². The fourth-order valence-electron chi connectivity index (χ4n) is 2.97. The lowest BCUT2D eigenvalue weighted by Crippen LogP contribution is -2.19. The van der Waals surface area contributed by atoms with E-state index in [1.54, 1.807) is 0 Å². The highest BCUT2D eigenvalue weighted by molar-refractivity contribution is 7.99. The molecule has 2 aromatic rings. The Morgan fingerprint density at radius 3 is 2.61 bits per heavy atom. The van der Waals surface area contributed by atoms with Gasteiger partial charge in [-0.3, -0.25) is 4.79 Å². The van der Waals surface area contributed by atoms with Crippen LogP contribution in [0.5, 0.6) is 0 Å². The third-order valence-corrected chi connectivity index (χ3v) is 5.64. The Hall–Kier alpha value is -1.33. The van der Waals surface area contributed by atoms with Crippen molar-refractivity contribution in [1.82, 2.24) is 14.8 Å². The predicted octanol–water partition coefficient (Wildman–Crippen LogP) is 4.38. The summed E-state index contributed by atoms with van der Waals surface area (Å²) in [5.74, 6) is 1.87. The van der Waals surface area contributed by atoms with Crippen molar-refractivity contribution in [3.63, 3.8) is 0 Å². The number of benzene rings is 1. The van der Waals surface area contributed by atoms with Crippen molar-refractivity contribution in [3.05, 3.63) is 29.3 Å². The largest absolute Gasteiger partial charge is 0.305 e. The molecule has 0 N–H and O–H groups in total. The summed E-state index contributed by atoms with van der Waals surface area (Å²) < 4.78 is 1.93. The minimum absolute atomic E-state index is 0.250. The molecular weight excluding hydrogens is 330 g/mol. The molecule has 122 valence electrons. The first-order valence-electron chi connectivity index (χ1n) is 7.96. The summed E-state index contributed by atoms with van der Waals surface area (Å²) in [7, 11) is 1.93. The molecule has 0 bridgehead atoms. The van der Waals surface area contributed by atoms with Gasteiger partial charge in [-0.2, -0.15) is 0 Å². The summed E-state index contributed by atoms with van der Waals surface area (Å²) in [6.07, 6.45) is 5.74. The average molecular weight is 350 g/mol. The van der Waals surface area contributed by atoms with Crippen LogP contribution in [0.3, 0.4) is 0 Å². The second-order valence-corrected chi connectivity index (χ2v) is 7.34. The molecular formula is C17H20ClN3OS. The highest BCUT2D eigenvalue weighted by Gasteiger charge is 2.22. The lowest BCUT2D eigenvalue weighted by atomic mass is 9.87. The van der Waals surface area contributed by atoms with Crippen molar-refractivity contribution >= 4 is 29.1 Å². The second-order valence-electron chi connectivity index (χ2n) is 5.96. The molecule has 0 atom stereocenters. The Kier molecular flexibility index (Phi) is 5.38. The average Bonchev–Trinajstić information content (AvgIpc) is 2.95. The summed E-state index contributed by atoms with van der Waals surface area (Å²) in [6.45, 7) is 0. The summed E-state index contributed by atoms with van der Waals surface area (Å²) in [5, 5.41) is 9.94. The van der Waals surface area contributed by atoms with Gasteiger partial charge >= 0.3 is 0 Å². The number of carbonyl (C=O) groups excluding carboxylic acids is 1. The van der Waals surface area contributed by atoms with Crippen LogP contribution >= 0.6 is 23.4 Å². The lowest BCUT2D eigenvalue weighted by molar-refractivity contribution is -0.121. The van der Waals surface area contributed by atoms with E-state index in [1.165, 1.54) is 31.0 Å². The fourth-order valence-corrected chi connectivity index (χ4v) is 3.98. The van der Waals surface area contributed by atoms with E-state index < -0.39 is 0 Å². The van der Waals surface area contributed by atoms with Crippen LogP contribution in [0, 0.1) is 5.92 Å². The Bertz CT molecular complexity index is 678. The van der Waals surface area contributed by atoms with Gasteiger partial charge in [0, 0.05) is 23.6 Å². The van der Waals surface area contributed by atoms with Gasteiger partial charge in [-0.15, -0.1) is 10.2 Å². The number of carbonyl (C=O) groups is 1. The van der Waals surface area contributed by atoms with Gasteiger partial charge < -0.3 is 4.57 Å². The summed E-state index contributed by atoms with van der Waals surface area (Å²) >= 11 is 7.40. The molecule has 3 rings (SSSR count). The first-order valence-corrected chi connectivity index (χ1v) is 9.32. The lowest BCUT2D eigenvalue weighted by Gasteiger charge is -2.19. The summed E-state index contributed by atoms with van der Waals surface area (Å²) in [4.78, 5) is 12.3. The quantitative estimate of drug-likeness (QED) is 0.752. The molecule has 0 saturated heterocycles. The highest BCUT2D eigenvalue weighted by Crippen LogP contribution is 2.28. The first kappa shape index (κ1) is 16.5. The highest BCUT2D eigenvalue weighted by atomic mass is 35.5. The molecule has 6 heteroatoms. The molecule has 1 heterocycles. The van der Waals surface area contributed by atoms with Gasteiger partial charge in [0.1, 0.15) is 5.78 Å². The monoisotopic (exact) mass is 349 g/mol. The van der Waals surface area contributed by atoms with Gasteiger partial charge in [0.25, 0.3) is 0 Å². The molecule has 1 aromatic heterocycles. The van der Waals surface area contributed by atoms with Gasteiger partial charge in [-0.05, 0) is 37.1 Å². The van der Waals surface area contributed by atoms with Crippen molar-refractivity contribution in [2.24, 2.45) is 13.0 Å². The Morgan fingerprint density at radius 2 is 1.91 bits per heavy atom. The number of Topliss-reactive ketones (excluding diaryl/α,β-unsaturated/α-hetero) is 1. The zero-order chi connectivity index (χ0) is 16.2. The molecule has 4 nitrogen and oxygen atoms in total. The van der Waals surface area contributed by atoms with E-state index in [1.807, 2.05) is 35.9 Å². The van der Waals surface area contributed by atoms with Crippen molar-refractivity contribution in [3.8, 4) is 11.4 Å². The Morgan fingerprint density at radius 1 is 1.22 bits per heavy atom. The van der Waals surface area contributed by atoms with Gasteiger partial charge in [-0.1, -0.05) is 42.6 Å². The van der Waals surface area contributed by atoms with Gasteiger partial charge in [-0.25, -0.2) is 0 Å². The van der Waals surface area contributed by atoms with Crippen LogP contribution in [0.1, 0.15) is 32.1 Å². The number of hydrogen-bond acceptors (Lipinski definition) is 4. The number of thioether (sulfide) groups is 1. The van der Waals surface area contributed by atoms with Crippen LogP contribution in [0.2, 0.25) is 5.02 Å². The summed E-state index contributed by atoms with van der Waals surface area (Å²) in [5.41, 5.74) is 0.967. The second kappa shape index (κ2) is 7.49. The Labute approximate surface area is 145 Å². The zero-order valence-electron chi connectivity index (χ0n) is 13.2. The van der Waals surface area contributed by atoms with E-state index in [4.69, 9.17) is 11.6 Å². The molecule has 1 aliphatic rings. The topological polar surface area (TPSA) is 47.8 Å². The van der Waals surface area contributed by atoms with Crippen LogP contribution in [0.4, 0.5) is 0 Å². The zero-order valence-corrected chi connectivity index (χ0v) is 14.7. The molecule has 0 amide bonds. The maximum atomic E-state index is 12.3. The molecule has 0 unspecified atom stereocenters. The maximum Gasteiger partial charge on any atom is 0.191 e. The standard InChI is InChI=1S/C17H20ClN3OS/c1-21-16(13-7-9-14(18)10-8-13)19-20-17(21)23-11-15(22)12-5-3-2-4-6-12/h7-10,12H,2-6,11H2,1H3. The fraction of sp³-hybridized carbons (Fsp3) is 0.471. The van der Waals surface area contributed by atoms with Crippen molar-refractivity contribution in [1.29, 1.82) is 0 Å². The van der Waals surface area contributed by atoms with Crippen LogP contribution in [0.25, 0.3) is 11.4 Å². The molecule has 1 saturated carbocycles. The minimum Gasteiger partial charge on any atom is -0.305 e. The van der Waals surface area contributed by atoms with Crippen molar-refractivity contribution in [2.45, 2.75) is 37.3 Å². The SMILES string of the molecule is Cn1c(SCC(=O)C2CCCCC2)nnc1-c1ccc(Cl)cc1. The number of aromatic nitrogens is 3. The van der Waals surface area contributed by atoms with Gasteiger partial charge in [0.15, 0.2) is 11.0 Å². The number of ketones is 1. The number of nitrogens with zero attached hydrogens (tertiary/aromatic N) is 3. The molecule has 1 aromatic carbocycles. The van der Waals surface area contributed by atoms with Crippen LogP contribution in [0.15, 0.2) is 29.4 Å². The van der Waals surface area contributed by atoms with E-state index in [0.29, 0.717) is 16.6 Å². The van der Waals surface area contributed by atoms with E-state index in [2.05, 4.69) is 10.2 Å².